The Labute approximate surface area is 251 Å². The molecule has 3 aromatic rings. The van der Waals surface area contributed by atoms with Gasteiger partial charge in [-0.05, 0) is 68.3 Å². The summed E-state index contributed by atoms with van der Waals surface area (Å²) >= 11 is 4.77. The molecular weight excluding hydrogens is 606 g/mol. The normalized spacial score (nSPS) is 17.9. The minimum atomic E-state index is -0.638. The molecule has 0 aliphatic carbocycles. The van der Waals surface area contributed by atoms with E-state index in [1.165, 1.54) is 11.8 Å². The highest BCUT2D eigenvalue weighted by molar-refractivity contribution is 9.10. The largest absolute Gasteiger partial charge is 0.506 e. The number of aliphatic hydroxyl groups excluding tert-OH is 1. The molecule has 3 heterocycles. The number of hydrogen-bond acceptors (Lipinski definition) is 7. The Morgan fingerprint density at radius 3 is 2.51 bits per heavy atom. The van der Waals surface area contributed by atoms with Crippen LogP contribution < -0.4 is 4.74 Å². The van der Waals surface area contributed by atoms with Gasteiger partial charge in [0.1, 0.15) is 28.7 Å². The Kier molecular flexibility index (Phi) is 9.19. The predicted molar refractivity (Wildman–Crippen MR) is 167 cm³/mol. The zero-order valence-electron chi connectivity index (χ0n) is 23.1. The number of carbonyl (C=O) groups is 2. The SMILES string of the molecule is CCOC(=O)C1=C(O)/C(=C/c2cn(CC(=O)N3CCCCCC3)c3ccc(Br)cc23)SC1=Nc1ccc(OC)cc1. The van der Waals surface area contributed by atoms with Crippen molar-refractivity contribution in [2.24, 2.45) is 4.99 Å². The predicted octanol–water partition coefficient (Wildman–Crippen LogP) is 7.01. The van der Waals surface area contributed by atoms with E-state index in [1.807, 2.05) is 39.9 Å². The molecule has 1 saturated heterocycles. The van der Waals surface area contributed by atoms with Crippen LogP contribution in [-0.4, -0.2) is 58.3 Å². The third kappa shape index (κ3) is 6.54. The number of carbonyl (C=O) groups excluding carboxylic acids is 2. The highest BCUT2D eigenvalue weighted by Gasteiger charge is 2.33. The molecule has 1 aromatic heterocycles. The van der Waals surface area contributed by atoms with E-state index < -0.39 is 5.97 Å². The highest BCUT2D eigenvalue weighted by Crippen LogP contribution is 2.41. The van der Waals surface area contributed by atoms with Crippen LogP contribution in [0, 0.1) is 0 Å². The number of aliphatic hydroxyl groups is 1. The maximum Gasteiger partial charge on any atom is 0.344 e. The van der Waals surface area contributed by atoms with Gasteiger partial charge in [-0.2, -0.15) is 0 Å². The van der Waals surface area contributed by atoms with Crippen molar-refractivity contribution in [1.82, 2.24) is 9.47 Å². The molecule has 0 spiro atoms. The van der Waals surface area contributed by atoms with Gasteiger partial charge in [0, 0.05) is 40.2 Å². The number of likely N-dealkylation sites (tertiary alicyclic amines) is 1. The summed E-state index contributed by atoms with van der Waals surface area (Å²) in [6.07, 6.45) is 8.15. The van der Waals surface area contributed by atoms with Gasteiger partial charge < -0.3 is 24.0 Å². The lowest BCUT2D eigenvalue weighted by Gasteiger charge is -2.20. The summed E-state index contributed by atoms with van der Waals surface area (Å²) in [7, 11) is 1.59. The van der Waals surface area contributed by atoms with Crippen LogP contribution in [0.4, 0.5) is 5.69 Å². The number of aromatic nitrogens is 1. The summed E-state index contributed by atoms with van der Waals surface area (Å²) in [6, 6.07) is 13.0. The second-order valence-electron chi connectivity index (χ2n) is 9.84. The number of ether oxygens (including phenoxy) is 2. The molecule has 0 bridgehead atoms. The molecule has 2 aliphatic rings. The number of benzene rings is 2. The van der Waals surface area contributed by atoms with Crippen molar-refractivity contribution in [1.29, 1.82) is 0 Å². The number of esters is 1. The van der Waals surface area contributed by atoms with E-state index >= 15 is 0 Å². The molecular formula is C31H32BrN3O5S. The Bertz CT molecular complexity index is 1550. The Balaban J connectivity index is 1.52. The molecule has 1 N–H and O–H groups in total. The van der Waals surface area contributed by atoms with Crippen LogP contribution in [0.5, 0.6) is 5.75 Å². The quantitative estimate of drug-likeness (QED) is 0.280. The molecule has 0 atom stereocenters. The van der Waals surface area contributed by atoms with E-state index in [2.05, 4.69) is 20.9 Å². The summed E-state index contributed by atoms with van der Waals surface area (Å²) in [6.45, 7) is 3.70. The number of aliphatic imine (C=N–C) groups is 1. The van der Waals surface area contributed by atoms with Gasteiger partial charge in [0.25, 0.3) is 0 Å². The second-order valence-corrected chi connectivity index (χ2v) is 11.8. The molecule has 10 heteroatoms. The monoisotopic (exact) mass is 637 g/mol. The summed E-state index contributed by atoms with van der Waals surface area (Å²) in [5, 5.41) is 12.5. The van der Waals surface area contributed by atoms with Gasteiger partial charge in [-0.25, -0.2) is 9.79 Å². The number of fused-ring (bicyclic) bond motifs is 1. The minimum absolute atomic E-state index is 0.0279. The second kappa shape index (κ2) is 13.0. The Morgan fingerprint density at radius 1 is 1.10 bits per heavy atom. The molecule has 0 unspecified atom stereocenters. The average molecular weight is 639 g/mol. The smallest absolute Gasteiger partial charge is 0.344 e. The number of halogens is 1. The molecule has 0 radical (unpaired) electrons. The number of rotatable bonds is 7. The number of methoxy groups -OCH3 is 1. The van der Waals surface area contributed by atoms with Gasteiger partial charge in [0.15, 0.2) is 0 Å². The highest BCUT2D eigenvalue weighted by atomic mass is 79.9. The first-order chi connectivity index (χ1) is 19.9. The van der Waals surface area contributed by atoms with Crippen LogP contribution in [0.3, 0.4) is 0 Å². The van der Waals surface area contributed by atoms with Crippen LogP contribution in [0.1, 0.15) is 38.2 Å². The van der Waals surface area contributed by atoms with Crippen molar-refractivity contribution in [3.63, 3.8) is 0 Å². The maximum absolute atomic E-state index is 13.2. The van der Waals surface area contributed by atoms with Crippen molar-refractivity contribution >= 4 is 67.3 Å². The van der Waals surface area contributed by atoms with Gasteiger partial charge in [-0.15, -0.1) is 0 Å². The van der Waals surface area contributed by atoms with Crippen molar-refractivity contribution in [3.05, 3.63) is 74.9 Å². The fraction of sp³-hybridized carbons (Fsp3) is 0.323. The summed E-state index contributed by atoms with van der Waals surface area (Å²) in [5.74, 6) is -0.0319. The van der Waals surface area contributed by atoms with Gasteiger partial charge >= 0.3 is 5.97 Å². The third-order valence-corrected chi connectivity index (χ3v) is 8.61. The summed E-state index contributed by atoms with van der Waals surface area (Å²) < 4.78 is 13.3. The third-order valence-electron chi connectivity index (χ3n) is 7.10. The van der Waals surface area contributed by atoms with Gasteiger partial charge in [-0.3, -0.25) is 4.79 Å². The van der Waals surface area contributed by atoms with Crippen LogP contribution in [-0.2, 0) is 20.9 Å². The fourth-order valence-corrected chi connectivity index (χ4v) is 6.40. The maximum atomic E-state index is 13.2. The van der Waals surface area contributed by atoms with E-state index in [1.54, 1.807) is 38.3 Å². The molecule has 41 heavy (non-hydrogen) atoms. The van der Waals surface area contributed by atoms with E-state index in [4.69, 9.17) is 9.47 Å². The number of nitrogens with zero attached hydrogens (tertiary/aromatic N) is 3. The van der Waals surface area contributed by atoms with E-state index in [-0.39, 0.29) is 30.4 Å². The minimum Gasteiger partial charge on any atom is -0.506 e. The van der Waals surface area contributed by atoms with Crippen molar-refractivity contribution in [2.45, 2.75) is 39.2 Å². The topological polar surface area (TPSA) is 93.4 Å². The lowest BCUT2D eigenvalue weighted by molar-refractivity contribution is -0.138. The van der Waals surface area contributed by atoms with Crippen molar-refractivity contribution in [2.75, 3.05) is 26.8 Å². The Hall–Kier alpha value is -3.50. The molecule has 1 amide bonds. The van der Waals surface area contributed by atoms with Crippen LogP contribution in [0.25, 0.3) is 17.0 Å². The van der Waals surface area contributed by atoms with Gasteiger partial charge in [0.2, 0.25) is 5.91 Å². The molecule has 1 fully saturated rings. The molecule has 2 aromatic carbocycles. The first-order valence-corrected chi connectivity index (χ1v) is 15.3. The van der Waals surface area contributed by atoms with Crippen molar-refractivity contribution < 1.29 is 24.2 Å². The van der Waals surface area contributed by atoms with Crippen LogP contribution >= 0.6 is 27.7 Å². The lowest BCUT2D eigenvalue weighted by atomic mass is 10.1. The molecule has 214 valence electrons. The first kappa shape index (κ1) is 29.0. The number of thioether (sulfide) groups is 1. The molecule has 2 aliphatic heterocycles. The lowest BCUT2D eigenvalue weighted by Crippen LogP contribution is -2.34. The molecule has 5 rings (SSSR count). The average Bonchev–Trinajstić information content (AvgIpc) is 3.29. The standard InChI is InChI=1S/C31H32BrN3O5S/c1-3-40-31(38)28-29(37)26(41-30(28)33-22-9-11-23(39-2)12-10-22)16-20-18-35(25-13-8-21(32)17-24(20)25)19-27(36)34-14-6-4-5-7-15-34/h8-13,16-18,37H,3-7,14-15,19H2,1-2H3/b26-16-,33-30?. The van der Waals surface area contributed by atoms with E-state index in [9.17, 15) is 14.7 Å². The summed E-state index contributed by atoms with van der Waals surface area (Å²) in [5.41, 5.74) is 2.36. The van der Waals surface area contributed by atoms with Crippen molar-refractivity contribution in [3.8, 4) is 5.75 Å². The van der Waals surface area contributed by atoms with Gasteiger partial charge in [0.05, 0.1) is 24.3 Å². The first-order valence-electron chi connectivity index (χ1n) is 13.7. The van der Waals surface area contributed by atoms with Gasteiger partial charge in [-0.1, -0.05) is 40.5 Å². The zero-order valence-corrected chi connectivity index (χ0v) is 25.5. The zero-order chi connectivity index (χ0) is 28.9. The molecule has 0 saturated carbocycles. The molecule has 8 nitrogen and oxygen atoms in total. The van der Waals surface area contributed by atoms with E-state index in [0.29, 0.717) is 21.4 Å². The summed E-state index contributed by atoms with van der Waals surface area (Å²) in [4.78, 5) is 33.2. The fourth-order valence-electron chi connectivity index (χ4n) is 5.02. The van der Waals surface area contributed by atoms with Crippen LogP contribution in [0.2, 0.25) is 0 Å². The van der Waals surface area contributed by atoms with Crippen LogP contribution in [0.15, 0.2) is 74.4 Å². The van der Waals surface area contributed by atoms with E-state index in [0.717, 1.165) is 59.7 Å². The number of hydrogen-bond donors (Lipinski definition) is 1. The Morgan fingerprint density at radius 2 is 1.83 bits per heavy atom. The number of amides is 1.